The van der Waals surface area contributed by atoms with Crippen LogP contribution in [0.3, 0.4) is 0 Å². The number of nitrogens with one attached hydrogen (secondary N) is 1. The molecule has 1 aliphatic carbocycles. The Kier molecular flexibility index (Phi) is 2.54. The van der Waals surface area contributed by atoms with E-state index in [-0.39, 0.29) is 0 Å². The minimum absolute atomic E-state index is 0.733. The zero-order chi connectivity index (χ0) is 9.10. The van der Waals surface area contributed by atoms with Crippen molar-refractivity contribution < 1.29 is 0 Å². The van der Waals surface area contributed by atoms with E-state index in [1.807, 2.05) is 19.3 Å². The summed E-state index contributed by atoms with van der Waals surface area (Å²) in [6.45, 7) is 0.952. The molecule has 3 heteroatoms. The Morgan fingerprint density at radius 1 is 1.54 bits per heavy atom. The van der Waals surface area contributed by atoms with Gasteiger partial charge in [0.05, 0.1) is 0 Å². The highest BCUT2D eigenvalue weighted by Crippen LogP contribution is 2.38. The van der Waals surface area contributed by atoms with Gasteiger partial charge in [0.25, 0.3) is 0 Å². The average Bonchev–Trinajstić information content (AvgIpc) is 2.98. The number of nitrogens with zero attached hydrogens (tertiary/aromatic N) is 2. The van der Waals surface area contributed by atoms with Crippen molar-refractivity contribution in [3.05, 3.63) is 23.8 Å². The molecule has 1 fully saturated rings. The van der Waals surface area contributed by atoms with Gasteiger partial charge in [-0.2, -0.15) is 0 Å². The number of likely N-dealkylation sites (N-methyl/N-ethyl adjacent to an activating group) is 1. The van der Waals surface area contributed by atoms with Crippen LogP contribution >= 0.6 is 0 Å². The lowest BCUT2D eigenvalue weighted by Crippen LogP contribution is -2.12. The molecule has 0 amide bonds. The fraction of sp³-hybridized carbons (Fsp3) is 0.600. The summed E-state index contributed by atoms with van der Waals surface area (Å²) in [7, 11) is 1.95. The quantitative estimate of drug-likeness (QED) is 0.748. The lowest BCUT2D eigenvalue weighted by Gasteiger charge is -2.01. The minimum Gasteiger partial charge on any atom is -0.319 e. The van der Waals surface area contributed by atoms with E-state index in [9.17, 15) is 0 Å². The normalized spacial score (nSPS) is 16.1. The lowest BCUT2D eigenvalue weighted by atomic mass is 10.3. The Balaban J connectivity index is 2.03. The molecule has 1 aliphatic rings. The Bertz CT molecular complexity index is 281. The second-order valence-electron chi connectivity index (χ2n) is 3.53. The van der Waals surface area contributed by atoms with Crippen LogP contribution in [0.15, 0.2) is 12.3 Å². The van der Waals surface area contributed by atoms with Crippen molar-refractivity contribution in [2.75, 3.05) is 13.6 Å². The van der Waals surface area contributed by atoms with Crippen LogP contribution in [0.4, 0.5) is 0 Å². The molecule has 1 aromatic heterocycles. The molecule has 0 aromatic carbocycles. The van der Waals surface area contributed by atoms with Crippen LogP contribution in [-0.2, 0) is 6.42 Å². The summed E-state index contributed by atoms with van der Waals surface area (Å²) in [5, 5.41) is 3.10. The summed E-state index contributed by atoms with van der Waals surface area (Å²) < 4.78 is 0. The summed E-state index contributed by atoms with van der Waals surface area (Å²) in [5.74, 6) is 1.70. The van der Waals surface area contributed by atoms with Crippen LogP contribution in [0.5, 0.6) is 0 Å². The lowest BCUT2D eigenvalue weighted by molar-refractivity contribution is 0.746. The van der Waals surface area contributed by atoms with E-state index in [4.69, 9.17) is 0 Å². The van der Waals surface area contributed by atoms with E-state index in [2.05, 4.69) is 15.3 Å². The fourth-order valence-corrected chi connectivity index (χ4v) is 1.38. The molecule has 0 spiro atoms. The van der Waals surface area contributed by atoms with E-state index < -0.39 is 0 Å². The van der Waals surface area contributed by atoms with Crippen LogP contribution in [0, 0.1) is 0 Å². The van der Waals surface area contributed by atoms with Gasteiger partial charge in [0.2, 0.25) is 0 Å². The van der Waals surface area contributed by atoms with Crippen LogP contribution in [0.25, 0.3) is 0 Å². The van der Waals surface area contributed by atoms with Gasteiger partial charge in [0, 0.05) is 30.8 Å². The van der Waals surface area contributed by atoms with Crippen molar-refractivity contribution in [2.24, 2.45) is 0 Å². The van der Waals surface area contributed by atoms with Gasteiger partial charge in [0.1, 0.15) is 5.82 Å². The van der Waals surface area contributed by atoms with Gasteiger partial charge in [0.15, 0.2) is 0 Å². The molecule has 0 saturated heterocycles. The summed E-state index contributed by atoms with van der Waals surface area (Å²) in [5.41, 5.74) is 1.24. The van der Waals surface area contributed by atoms with Gasteiger partial charge in [-0.15, -0.1) is 0 Å². The van der Waals surface area contributed by atoms with Crippen LogP contribution < -0.4 is 5.32 Å². The van der Waals surface area contributed by atoms with Gasteiger partial charge < -0.3 is 5.32 Å². The van der Waals surface area contributed by atoms with Crippen LogP contribution in [0.2, 0.25) is 0 Å². The zero-order valence-electron chi connectivity index (χ0n) is 7.95. The molecule has 1 saturated carbocycles. The maximum Gasteiger partial charge on any atom is 0.129 e. The largest absolute Gasteiger partial charge is 0.319 e. The molecule has 13 heavy (non-hydrogen) atoms. The monoisotopic (exact) mass is 177 g/mol. The molecule has 1 aromatic rings. The van der Waals surface area contributed by atoms with Crippen molar-refractivity contribution in [1.29, 1.82) is 0 Å². The Hall–Kier alpha value is -0.960. The smallest absolute Gasteiger partial charge is 0.129 e. The molecule has 1 N–H and O–H groups in total. The Labute approximate surface area is 78.6 Å². The first-order valence-corrected chi connectivity index (χ1v) is 4.86. The van der Waals surface area contributed by atoms with Crippen molar-refractivity contribution in [3.8, 4) is 0 Å². The molecular formula is C10H15N3. The van der Waals surface area contributed by atoms with Crippen LogP contribution in [0.1, 0.15) is 30.3 Å². The standard InChI is InChI=1S/C10H15N3/c1-11-6-5-10-12-7-4-9(13-10)8-2-3-8/h4,7-8,11H,2-3,5-6H2,1H3. The van der Waals surface area contributed by atoms with Crippen molar-refractivity contribution in [2.45, 2.75) is 25.2 Å². The van der Waals surface area contributed by atoms with Gasteiger partial charge in [-0.25, -0.2) is 9.97 Å². The highest BCUT2D eigenvalue weighted by molar-refractivity contribution is 5.13. The SMILES string of the molecule is CNCCc1nccc(C2CC2)n1. The van der Waals surface area contributed by atoms with Gasteiger partial charge in [-0.1, -0.05) is 0 Å². The molecule has 0 atom stereocenters. The molecule has 0 bridgehead atoms. The third kappa shape index (κ3) is 2.25. The van der Waals surface area contributed by atoms with Crippen molar-refractivity contribution >= 4 is 0 Å². The summed E-state index contributed by atoms with van der Waals surface area (Å²) >= 11 is 0. The zero-order valence-corrected chi connectivity index (χ0v) is 7.95. The highest BCUT2D eigenvalue weighted by atomic mass is 14.9. The van der Waals surface area contributed by atoms with E-state index in [0.717, 1.165) is 24.7 Å². The molecule has 3 nitrogen and oxygen atoms in total. The third-order valence-electron chi connectivity index (χ3n) is 2.32. The maximum absolute atomic E-state index is 4.52. The Morgan fingerprint density at radius 2 is 2.38 bits per heavy atom. The first-order chi connectivity index (χ1) is 6.40. The van der Waals surface area contributed by atoms with E-state index in [0.29, 0.717) is 0 Å². The van der Waals surface area contributed by atoms with Crippen molar-refractivity contribution in [3.63, 3.8) is 0 Å². The van der Waals surface area contributed by atoms with Gasteiger partial charge in [-0.3, -0.25) is 0 Å². The van der Waals surface area contributed by atoms with Crippen molar-refractivity contribution in [1.82, 2.24) is 15.3 Å². The fourth-order valence-electron chi connectivity index (χ4n) is 1.38. The predicted octanol–water partition coefficient (Wildman–Crippen LogP) is 1.12. The van der Waals surface area contributed by atoms with E-state index in [1.54, 1.807) is 0 Å². The molecule has 0 aliphatic heterocycles. The predicted molar refractivity (Wildman–Crippen MR) is 51.6 cm³/mol. The van der Waals surface area contributed by atoms with Crippen LogP contribution in [-0.4, -0.2) is 23.6 Å². The summed E-state index contributed by atoms with van der Waals surface area (Å²) in [4.78, 5) is 8.76. The number of hydrogen-bond donors (Lipinski definition) is 1. The number of rotatable bonds is 4. The first kappa shape index (κ1) is 8.63. The van der Waals surface area contributed by atoms with E-state index in [1.165, 1.54) is 18.5 Å². The van der Waals surface area contributed by atoms with E-state index >= 15 is 0 Å². The minimum atomic E-state index is 0.733. The molecular weight excluding hydrogens is 162 g/mol. The average molecular weight is 177 g/mol. The number of aromatic nitrogens is 2. The highest BCUT2D eigenvalue weighted by Gasteiger charge is 2.24. The second-order valence-corrected chi connectivity index (χ2v) is 3.53. The second kappa shape index (κ2) is 3.83. The topological polar surface area (TPSA) is 37.8 Å². The maximum atomic E-state index is 4.52. The molecule has 0 radical (unpaired) electrons. The molecule has 0 unspecified atom stereocenters. The molecule has 2 rings (SSSR count). The number of hydrogen-bond acceptors (Lipinski definition) is 3. The molecule has 1 heterocycles. The summed E-state index contributed by atoms with van der Waals surface area (Å²) in [6.07, 6.45) is 5.42. The molecule has 70 valence electrons. The van der Waals surface area contributed by atoms with Gasteiger partial charge >= 0.3 is 0 Å². The summed E-state index contributed by atoms with van der Waals surface area (Å²) in [6, 6.07) is 2.04. The van der Waals surface area contributed by atoms with Gasteiger partial charge in [-0.05, 0) is 26.0 Å². The Morgan fingerprint density at radius 3 is 3.08 bits per heavy atom. The first-order valence-electron chi connectivity index (χ1n) is 4.86. The third-order valence-corrected chi connectivity index (χ3v) is 2.32.